The first-order valence-corrected chi connectivity index (χ1v) is 5.55. The molecule has 0 aliphatic carbocycles. The first-order chi connectivity index (χ1) is 6.86. The van der Waals surface area contributed by atoms with Gasteiger partial charge in [0.15, 0.2) is 5.65 Å². The van der Waals surface area contributed by atoms with Crippen molar-refractivity contribution in [1.29, 1.82) is 0 Å². The summed E-state index contributed by atoms with van der Waals surface area (Å²) in [6.07, 6.45) is 3.87. The van der Waals surface area contributed by atoms with Crippen molar-refractivity contribution in [3.05, 3.63) is 12.5 Å². The molecule has 2 aromatic rings. The Labute approximate surface area is 85.3 Å². The number of fused-ring (bicyclic) bond motifs is 1. The lowest BCUT2D eigenvalue weighted by molar-refractivity contribution is 0.490. The summed E-state index contributed by atoms with van der Waals surface area (Å²) in [5, 5.41) is 0. The van der Waals surface area contributed by atoms with Crippen LogP contribution in [0.25, 0.3) is 11.2 Å². The second kappa shape index (κ2) is 4.19. The molecule has 15 heavy (non-hydrogen) atoms. The Morgan fingerprint density at radius 3 is 2.67 bits per heavy atom. The number of aromatic nitrogens is 4. The molecule has 0 aliphatic heterocycles. The Morgan fingerprint density at radius 1 is 1.47 bits per heavy atom. The summed E-state index contributed by atoms with van der Waals surface area (Å²) in [7, 11) is -3.67. The quantitative estimate of drug-likeness (QED) is 0.517. The maximum absolute atomic E-state index is 9.19. The minimum atomic E-state index is -3.67. The summed E-state index contributed by atoms with van der Waals surface area (Å²) < 4.78 is 25.9. The topological polar surface area (TPSA) is 135 Å². The lowest BCUT2D eigenvalue weighted by Gasteiger charge is -1.87. The molecule has 2 aromatic heterocycles. The van der Waals surface area contributed by atoms with E-state index in [2.05, 4.69) is 19.9 Å². The largest absolute Gasteiger partial charge is 0.368 e. The molecule has 0 bridgehead atoms. The van der Waals surface area contributed by atoms with Gasteiger partial charge in [-0.05, 0) is 0 Å². The van der Waals surface area contributed by atoms with Crippen molar-refractivity contribution in [2.75, 3.05) is 12.0 Å². The second-order valence-electron chi connectivity index (χ2n) is 2.60. The van der Waals surface area contributed by atoms with Gasteiger partial charge in [-0.15, -0.1) is 0 Å². The van der Waals surface area contributed by atoms with Gasteiger partial charge in [0.05, 0.1) is 18.8 Å². The molecule has 0 radical (unpaired) electrons. The fraction of sp³-hybridized carbons (Fsp3) is 0.167. The SMILES string of the molecule is CS(=O)(=O)O.Nc1ncc2[nH]cnc2n1. The smallest absolute Gasteiger partial charge is 0.261 e. The van der Waals surface area contributed by atoms with Gasteiger partial charge in [-0.1, -0.05) is 0 Å². The average molecular weight is 231 g/mol. The van der Waals surface area contributed by atoms with Crippen LogP contribution >= 0.6 is 0 Å². The Hall–Kier alpha value is -1.74. The summed E-state index contributed by atoms with van der Waals surface area (Å²) >= 11 is 0. The van der Waals surface area contributed by atoms with Crippen LogP contribution in [-0.2, 0) is 10.1 Å². The van der Waals surface area contributed by atoms with Crippen LogP contribution in [0.1, 0.15) is 0 Å². The summed E-state index contributed by atoms with van der Waals surface area (Å²) in [4.78, 5) is 14.4. The number of nitrogens with two attached hydrogens (primary N) is 1. The van der Waals surface area contributed by atoms with Crippen LogP contribution in [0.5, 0.6) is 0 Å². The number of hydrogen-bond donors (Lipinski definition) is 3. The van der Waals surface area contributed by atoms with Crippen molar-refractivity contribution in [1.82, 2.24) is 19.9 Å². The summed E-state index contributed by atoms with van der Waals surface area (Å²) in [6.45, 7) is 0. The van der Waals surface area contributed by atoms with Gasteiger partial charge in [0.2, 0.25) is 5.95 Å². The van der Waals surface area contributed by atoms with Crippen molar-refractivity contribution in [2.45, 2.75) is 0 Å². The van der Waals surface area contributed by atoms with Gasteiger partial charge in [-0.25, -0.2) is 9.97 Å². The van der Waals surface area contributed by atoms with E-state index in [1.165, 1.54) is 0 Å². The molecule has 82 valence electrons. The molecule has 2 rings (SSSR count). The van der Waals surface area contributed by atoms with Gasteiger partial charge in [0.1, 0.15) is 5.52 Å². The standard InChI is InChI=1S/C5H5N5.CH4O3S/c6-5-7-1-3-4(10-5)9-2-8-3;1-5(2,3)4/h1-2H,(H3,6,7,8,9,10);1H3,(H,2,3,4). The lowest BCUT2D eigenvalue weighted by atomic mass is 10.6. The van der Waals surface area contributed by atoms with Gasteiger partial charge in [0.25, 0.3) is 10.1 Å². The van der Waals surface area contributed by atoms with E-state index in [0.717, 1.165) is 5.52 Å². The van der Waals surface area contributed by atoms with Crippen LogP contribution in [0.4, 0.5) is 5.95 Å². The third kappa shape index (κ3) is 4.33. The number of nitrogens with one attached hydrogen (secondary N) is 1. The molecule has 4 N–H and O–H groups in total. The fourth-order valence-electron chi connectivity index (χ4n) is 0.749. The number of nitrogens with zero attached hydrogens (tertiary/aromatic N) is 3. The van der Waals surface area contributed by atoms with Gasteiger partial charge in [0, 0.05) is 0 Å². The number of anilines is 1. The van der Waals surface area contributed by atoms with Gasteiger partial charge in [-0.3, -0.25) is 4.55 Å². The summed E-state index contributed by atoms with van der Waals surface area (Å²) in [5.41, 5.74) is 6.71. The molecule has 0 saturated carbocycles. The van der Waals surface area contributed by atoms with Crippen LogP contribution < -0.4 is 5.73 Å². The Morgan fingerprint density at radius 2 is 2.07 bits per heavy atom. The predicted molar refractivity (Wildman–Crippen MR) is 53.6 cm³/mol. The summed E-state index contributed by atoms with van der Waals surface area (Å²) in [6, 6.07) is 0. The van der Waals surface area contributed by atoms with Crippen LogP contribution in [0.3, 0.4) is 0 Å². The van der Waals surface area contributed by atoms with Crippen LogP contribution in [0, 0.1) is 0 Å². The Balaban J connectivity index is 0.000000195. The van der Waals surface area contributed by atoms with E-state index in [1.54, 1.807) is 12.5 Å². The zero-order chi connectivity index (χ0) is 11.5. The molecule has 0 unspecified atom stereocenters. The molecule has 0 amide bonds. The third-order valence-corrected chi connectivity index (χ3v) is 1.19. The van der Waals surface area contributed by atoms with Gasteiger partial charge < -0.3 is 10.7 Å². The van der Waals surface area contributed by atoms with Crippen LogP contribution in [0.2, 0.25) is 0 Å². The summed E-state index contributed by atoms with van der Waals surface area (Å²) in [5.74, 6) is 0.250. The average Bonchev–Trinajstić information content (AvgIpc) is 2.47. The molecule has 0 aromatic carbocycles. The number of imidazole rings is 1. The minimum absolute atomic E-state index is 0.250. The van der Waals surface area contributed by atoms with Crippen LogP contribution in [0.15, 0.2) is 12.5 Å². The van der Waals surface area contributed by atoms with E-state index < -0.39 is 10.1 Å². The van der Waals surface area contributed by atoms with Crippen molar-refractivity contribution >= 4 is 27.2 Å². The number of aromatic amines is 1. The number of H-pyrrole nitrogens is 1. The molecule has 0 fully saturated rings. The highest BCUT2D eigenvalue weighted by Crippen LogP contribution is 2.03. The number of hydrogen-bond acceptors (Lipinski definition) is 6. The monoisotopic (exact) mass is 231 g/mol. The third-order valence-electron chi connectivity index (χ3n) is 1.19. The molecule has 0 atom stereocenters. The van der Waals surface area contributed by atoms with Crippen molar-refractivity contribution in [3.63, 3.8) is 0 Å². The molecular weight excluding hydrogens is 222 g/mol. The highest BCUT2D eigenvalue weighted by Gasteiger charge is 1.95. The molecule has 0 saturated heterocycles. The predicted octanol–water partition coefficient (Wildman–Crippen LogP) is -0.561. The van der Waals surface area contributed by atoms with E-state index in [-0.39, 0.29) is 5.95 Å². The molecule has 0 aliphatic rings. The van der Waals surface area contributed by atoms with E-state index in [9.17, 15) is 8.42 Å². The zero-order valence-corrected chi connectivity index (χ0v) is 8.56. The Bertz CT molecular complexity index is 541. The number of nitrogen functional groups attached to an aromatic ring is 1. The highest BCUT2D eigenvalue weighted by molar-refractivity contribution is 7.85. The van der Waals surface area contributed by atoms with Gasteiger partial charge >= 0.3 is 0 Å². The first-order valence-electron chi connectivity index (χ1n) is 3.70. The van der Waals surface area contributed by atoms with Gasteiger partial charge in [-0.2, -0.15) is 13.4 Å². The van der Waals surface area contributed by atoms with Crippen molar-refractivity contribution in [3.8, 4) is 0 Å². The molecule has 0 spiro atoms. The van der Waals surface area contributed by atoms with E-state index in [1.807, 2.05) is 0 Å². The van der Waals surface area contributed by atoms with E-state index >= 15 is 0 Å². The maximum atomic E-state index is 9.19. The first kappa shape index (κ1) is 11.3. The Kier molecular flexibility index (Phi) is 3.17. The van der Waals surface area contributed by atoms with E-state index in [0.29, 0.717) is 11.9 Å². The minimum Gasteiger partial charge on any atom is -0.368 e. The molecule has 8 nitrogen and oxygen atoms in total. The van der Waals surface area contributed by atoms with E-state index in [4.69, 9.17) is 10.3 Å². The lowest BCUT2D eigenvalue weighted by Crippen LogP contribution is -1.93. The van der Waals surface area contributed by atoms with Crippen molar-refractivity contribution < 1.29 is 13.0 Å². The molecular formula is C6H9N5O3S. The maximum Gasteiger partial charge on any atom is 0.261 e. The van der Waals surface area contributed by atoms with Crippen LogP contribution in [-0.4, -0.2) is 39.2 Å². The zero-order valence-electron chi connectivity index (χ0n) is 7.75. The molecule has 9 heteroatoms. The normalized spacial score (nSPS) is 10.8. The fourth-order valence-corrected chi connectivity index (χ4v) is 0.749. The molecule has 2 heterocycles. The highest BCUT2D eigenvalue weighted by atomic mass is 32.2. The number of rotatable bonds is 0. The van der Waals surface area contributed by atoms with Crippen molar-refractivity contribution in [2.24, 2.45) is 0 Å². The second-order valence-corrected chi connectivity index (χ2v) is 4.07.